The van der Waals surface area contributed by atoms with Crippen LogP contribution in [0.3, 0.4) is 0 Å². The number of anilines is 1. The molecule has 180 valence electrons. The Morgan fingerprint density at radius 2 is 1.69 bits per heavy atom. The van der Waals surface area contributed by atoms with Crippen molar-refractivity contribution in [3.05, 3.63) is 69.5 Å². The topological polar surface area (TPSA) is 146 Å². The molecule has 0 saturated carbocycles. The number of fused-ring (bicyclic) bond motifs is 2. The zero-order chi connectivity index (χ0) is 24.9. The van der Waals surface area contributed by atoms with E-state index in [4.69, 9.17) is 4.74 Å². The van der Waals surface area contributed by atoms with E-state index in [1.807, 2.05) is 0 Å². The Labute approximate surface area is 199 Å². The van der Waals surface area contributed by atoms with Gasteiger partial charge in [0.15, 0.2) is 0 Å². The van der Waals surface area contributed by atoms with Crippen LogP contribution in [0.5, 0.6) is 0 Å². The summed E-state index contributed by atoms with van der Waals surface area (Å²) in [6, 6.07) is 9.56. The first kappa shape index (κ1) is 22.9. The molecule has 2 N–H and O–H groups in total. The molecule has 2 aliphatic heterocycles. The van der Waals surface area contributed by atoms with Gasteiger partial charge in [-0.1, -0.05) is 0 Å². The number of nitrogens with zero attached hydrogens (tertiary/aromatic N) is 2. The zero-order valence-corrected chi connectivity index (χ0v) is 19.3. The van der Waals surface area contributed by atoms with Crippen molar-refractivity contribution in [3.8, 4) is 0 Å². The van der Waals surface area contributed by atoms with E-state index in [1.54, 1.807) is 0 Å². The Morgan fingerprint density at radius 3 is 2.43 bits per heavy atom. The highest BCUT2D eigenvalue weighted by atomic mass is 32.2. The fraction of sp³-hybridized carbons (Fsp3) is 0.217. The molecule has 1 saturated heterocycles. The summed E-state index contributed by atoms with van der Waals surface area (Å²) >= 11 is 0. The van der Waals surface area contributed by atoms with Crippen LogP contribution in [0, 0.1) is 0 Å². The largest absolute Gasteiger partial charge is 0.379 e. The van der Waals surface area contributed by atoms with Gasteiger partial charge >= 0.3 is 0 Å². The minimum atomic E-state index is -3.83. The molecule has 1 fully saturated rings. The third-order valence-corrected chi connectivity index (χ3v) is 7.91. The molecule has 0 bridgehead atoms. The van der Waals surface area contributed by atoms with Crippen LogP contribution in [0.4, 0.5) is 5.69 Å². The third kappa shape index (κ3) is 3.91. The Hall–Kier alpha value is -3.87. The van der Waals surface area contributed by atoms with E-state index in [0.717, 1.165) is 11.0 Å². The number of aromatic nitrogens is 1. The lowest BCUT2D eigenvalue weighted by molar-refractivity contribution is 0.0692. The number of hydrogen-bond donors (Lipinski definition) is 2. The van der Waals surface area contributed by atoms with Crippen LogP contribution in [0.25, 0.3) is 10.9 Å². The molecule has 35 heavy (non-hydrogen) atoms. The summed E-state index contributed by atoms with van der Waals surface area (Å²) in [6.45, 7) is 1.01. The molecular formula is C23H20N4O7S. The third-order valence-electron chi connectivity index (χ3n) is 6.01. The van der Waals surface area contributed by atoms with Gasteiger partial charge in [0.1, 0.15) is 0 Å². The molecule has 5 rings (SSSR count). The van der Waals surface area contributed by atoms with E-state index in [-0.39, 0.29) is 45.7 Å². The van der Waals surface area contributed by atoms with Gasteiger partial charge in [0, 0.05) is 42.8 Å². The van der Waals surface area contributed by atoms with Crippen molar-refractivity contribution < 1.29 is 27.5 Å². The molecule has 3 amide bonds. The summed E-state index contributed by atoms with van der Waals surface area (Å²) in [6.07, 6.45) is 0. The number of H-pyrrole nitrogens is 1. The molecule has 0 radical (unpaired) electrons. The number of aromatic amines is 1. The number of nitrogens with one attached hydrogen (secondary N) is 2. The van der Waals surface area contributed by atoms with Crippen LogP contribution in [0.2, 0.25) is 0 Å². The summed E-state index contributed by atoms with van der Waals surface area (Å²) < 4.78 is 32.7. The van der Waals surface area contributed by atoms with Gasteiger partial charge in [-0.15, -0.1) is 0 Å². The molecule has 12 heteroatoms. The Morgan fingerprint density at radius 1 is 0.971 bits per heavy atom. The summed E-state index contributed by atoms with van der Waals surface area (Å²) in [7, 11) is -2.46. The molecule has 1 aromatic heterocycles. The molecular weight excluding hydrogens is 476 g/mol. The average Bonchev–Trinajstić information content (AvgIpc) is 3.07. The van der Waals surface area contributed by atoms with E-state index in [1.165, 1.54) is 47.8 Å². The van der Waals surface area contributed by atoms with Crippen LogP contribution < -0.4 is 10.9 Å². The number of ether oxygens (including phenoxy) is 1. The maximum absolute atomic E-state index is 13.2. The first-order chi connectivity index (χ1) is 16.7. The van der Waals surface area contributed by atoms with Crippen LogP contribution in [-0.4, -0.2) is 73.7 Å². The highest BCUT2D eigenvalue weighted by molar-refractivity contribution is 7.89. The van der Waals surface area contributed by atoms with Crippen molar-refractivity contribution in [3.63, 3.8) is 0 Å². The van der Waals surface area contributed by atoms with Gasteiger partial charge in [0.25, 0.3) is 17.7 Å². The van der Waals surface area contributed by atoms with Crippen molar-refractivity contribution in [1.82, 2.24) is 14.2 Å². The average molecular weight is 497 g/mol. The molecule has 0 unspecified atom stereocenters. The lowest BCUT2D eigenvalue weighted by Gasteiger charge is -2.26. The summed E-state index contributed by atoms with van der Waals surface area (Å²) in [4.78, 5) is 53.3. The van der Waals surface area contributed by atoms with Crippen LogP contribution in [-0.2, 0) is 14.8 Å². The number of morpholine rings is 1. The molecule has 0 spiro atoms. The molecule has 11 nitrogen and oxygen atoms in total. The fourth-order valence-electron chi connectivity index (χ4n) is 4.15. The lowest BCUT2D eigenvalue weighted by Crippen LogP contribution is -2.40. The fourth-order valence-corrected chi connectivity index (χ4v) is 5.59. The number of carbonyl (C=O) groups is 3. The number of rotatable bonds is 4. The van der Waals surface area contributed by atoms with E-state index >= 15 is 0 Å². The van der Waals surface area contributed by atoms with Crippen molar-refractivity contribution in [2.75, 3.05) is 38.7 Å². The molecule has 2 aromatic carbocycles. The predicted molar refractivity (Wildman–Crippen MR) is 125 cm³/mol. The summed E-state index contributed by atoms with van der Waals surface area (Å²) in [5.41, 5.74) is 0.348. The molecule has 2 aliphatic rings. The smallest absolute Gasteiger partial charge is 0.261 e. The van der Waals surface area contributed by atoms with E-state index < -0.39 is 33.3 Å². The number of imide groups is 1. The Bertz CT molecular complexity index is 1570. The van der Waals surface area contributed by atoms with Crippen LogP contribution in [0.1, 0.15) is 31.1 Å². The number of pyridine rings is 1. The normalized spacial score (nSPS) is 16.5. The molecule has 0 aliphatic carbocycles. The van der Waals surface area contributed by atoms with E-state index in [0.29, 0.717) is 18.7 Å². The van der Waals surface area contributed by atoms with Gasteiger partial charge in [-0.05, 0) is 36.4 Å². The number of hydrogen-bond acceptors (Lipinski definition) is 7. The Balaban J connectivity index is 1.52. The van der Waals surface area contributed by atoms with Gasteiger partial charge in [-0.25, -0.2) is 8.42 Å². The van der Waals surface area contributed by atoms with Gasteiger partial charge in [0.2, 0.25) is 15.6 Å². The number of amides is 3. The van der Waals surface area contributed by atoms with Crippen molar-refractivity contribution in [1.29, 1.82) is 0 Å². The second-order valence-electron chi connectivity index (χ2n) is 8.15. The second-order valence-corrected chi connectivity index (χ2v) is 10.1. The van der Waals surface area contributed by atoms with Gasteiger partial charge in [0.05, 0.1) is 34.8 Å². The standard InChI is InChI=1S/C23H20N4O7S/c1-26-22(30)15-4-2-13(10-18(15)23(26)31)24-21(29)17-12-20(28)25-19-5-3-14(11-16(17)19)35(32,33)27-6-8-34-9-7-27/h2-5,10-12H,6-9H2,1H3,(H,24,29)(H,25,28). The minimum absolute atomic E-state index is 0.0160. The highest BCUT2D eigenvalue weighted by Gasteiger charge is 2.33. The summed E-state index contributed by atoms with van der Waals surface area (Å²) in [5.74, 6) is -1.59. The maximum atomic E-state index is 13.2. The predicted octanol–water partition coefficient (Wildman–Crippen LogP) is 1.03. The first-order valence-corrected chi connectivity index (χ1v) is 12.1. The lowest BCUT2D eigenvalue weighted by atomic mass is 10.1. The minimum Gasteiger partial charge on any atom is -0.379 e. The maximum Gasteiger partial charge on any atom is 0.261 e. The monoisotopic (exact) mass is 496 g/mol. The zero-order valence-electron chi connectivity index (χ0n) is 18.5. The van der Waals surface area contributed by atoms with Crippen molar-refractivity contribution in [2.24, 2.45) is 0 Å². The summed E-state index contributed by atoms with van der Waals surface area (Å²) in [5, 5.41) is 2.87. The number of sulfonamides is 1. The van der Waals surface area contributed by atoms with Gasteiger partial charge in [-0.3, -0.25) is 24.1 Å². The number of benzene rings is 2. The highest BCUT2D eigenvalue weighted by Crippen LogP contribution is 2.27. The van der Waals surface area contributed by atoms with Crippen molar-refractivity contribution >= 4 is 44.3 Å². The van der Waals surface area contributed by atoms with Crippen LogP contribution >= 0.6 is 0 Å². The van der Waals surface area contributed by atoms with Crippen molar-refractivity contribution in [2.45, 2.75) is 4.90 Å². The van der Waals surface area contributed by atoms with Gasteiger partial charge < -0.3 is 15.0 Å². The quantitative estimate of drug-likeness (QED) is 0.513. The molecule has 3 heterocycles. The Kier molecular flexibility index (Phi) is 5.50. The SMILES string of the molecule is CN1C(=O)c2ccc(NC(=O)c3cc(=O)[nH]c4ccc(S(=O)(=O)N5CCOCC5)cc34)cc2C1=O. The first-order valence-electron chi connectivity index (χ1n) is 10.7. The molecule has 0 atom stereocenters. The second kappa shape index (κ2) is 8.41. The van der Waals surface area contributed by atoms with E-state index in [2.05, 4.69) is 10.3 Å². The van der Waals surface area contributed by atoms with E-state index in [9.17, 15) is 27.6 Å². The number of carbonyl (C=O) groups excluding carboxylic acids is 3. The molecule has 3 aromatic rings. The van der Waals surface area contributed by atoms with Crippen LogP contribution in [0.15, 0.2) is 52.2 Å². The van der Waals surface area contributed by atoms with Gasteiger partial charge in [-0.2, -0.15) is 4.31 Å².